The molecule has 11 heteroatoms. The van der Waals surface area contributed by atoms with Gasteiger partial charge in [0, 0.05) is 48.5 Å². The van der Waals surface area contributed by atoms with Crippen LogP contribution in [-0.4, -0.2) is 51.3 Å². The second kappa shape index (κ2) is 16.3. The summed E-state index contributed by atoms with van der Waals surface area (Å²) in [5, 5.41) is 15.4. The van der Waals surface area contributed by atoms with Crippen molar-refractivity contribution in [2.45, 2.75) is 50.9 Å². The van der Waals surface area contributed by atoms with Crippen molar-refractivity contribution >= 4 is 28.4 Å². The lowest BCUT2D eigenvalue weighted by molar-refractivity contribution is -0.276. The average Bonchev–Trinajstić information content (AvgIpc) is 3.56. The van der Waals surface area contributed by atoms with Crippen LogP contribution in [0.1, 0.15) is 54.9 Å². The van der Waals surface area contributed by atoms with Crippen LogP contribution in [0.15, 0.2) is 132 Å². The molecule has 4 atom stereocenters. The third kappa shape index (κ3) is 8.35. The second-order valence-electron chi connectivity index (χ2n) is 14.3. The standard InChI is InChI=1S/C44H45N5O6/c1-29-40(27-48-25-23-35(24-26-48)49-39-10-6-5-9-38(39)47-44(49)52)54-42(55-41(29)31-13-11-30(28-50)12-14-31)32-15-17-33(18-16-32)45-43(51)46-34-19-21-37(22-20-34)53-36-7-3-2-4-8-36/h2-22,29,35,40-42,50H,23-28H2,1H3,(H,47,52)(H2,45,46,51)/t29-,40+,41+,42+/m0/s1. The van der Waals surface area contributed by atoms with Gasteiger partial charge in [0.2, 0.25) is 0 Å². The Morgan fingerprint density at radius 3 is 2.09 bits per heavy atom. The molecule has 2 fully saturated rings. The number of imidazole rings is 1. The normalized spacial score (nSPS) is 20.6. The fourth-order valence-electron chi connectivity index (χ4n) is 7.63. The topological polar surface area (TPSA) is 130 Å². The summed E-state index contributed by atoms with van der Waals surface area (Å²) >= 11 is 0. The summed E-state index contributed by atoms with van der Waals surface area (Å²) in [6, 6.07) is 39.8. The number of anilines is 2. The zero-order valence-electron chi connectivity index (χ0n) is 30.6. The van der Waals surface area contributed by atoms with Crippen molar-refractivity contribution < 1.29 is 24.1 Å². The molecule has 8 rings (SSSR count). The third-order valence-corrected chi connectivity index (χ3v) is 10.6. The predicted octanol–water partition coefficient (Wildman–Crippen LogP) is 8.39. The molecule has 2 saturated heterocycles. The molecule has 0 radical (unpaired) electrons. The number of hydrogen-bond donors (Lipinski definition) is 4. The first-order valence-electron chi connectivity index (χ1n) is 18.8. The summed E-state index contributed by atoms with van der Waals surface area (Å²) in [6.07, 6.45) is 0.717. The predicted molar refractivity (Wildman–Crippen MR) is 212 cm³/mol. The van der Waals surface area contributed by atoms with E-state index in [9.17, 15) is 14.7 Å². The number of rotatable bonds is 10. The largest absolute Gasteiger partial charge is 0.457 e. The quantitative estimate of drug-likeness (QED) is 0.111. The van der Waals surface area contributed by atoms with E-state index < -0.39 is 6.29 Å². The number of aliphatic hydroxyl groups excluding tert-OH is 1. The number of ether oxygens (including phenoxy) is 3. The van der Waals surface area contributed by atoms with Gasteiger partial charge in [-0.1, -0.05) is 73.7 Å². The van der Waals surface area contributed by atoms with Crippen LogP contribution in [0.5, 0.6) is 11.5 Å². The number of likely N-dealkylation sites (tertiary alicyclic amines) is 1. The second-order valence-corrected chi connectivity index (χ2v) is 14.3. The number of aromatic nitrogens is 2. The van der Waals surface area contributed by atoms with E-state index in [1.54, 1.807) is 24.3 Å². The van der Waals surface area contributed by atoms with E-state index in [-0.39, 0.29) is 42.5 Å². The van der Waals surface area contributed by atoms with Crippen LogP contribution in [0.3, 0.4) is 0 Å². The number of fused-ring (bicyclic) bond motifs is 1. The lowest BCUT2D eigenvalue weighted by atomic mass is 9.89. The molecule has 0 aliphatic carbocycles. The molecule has 3 heterocycles. The first kappa shape index (κ1) is 36.3. The van der Waals surface area contributed by atoms with E-state index in [0.29, 0.717) is 17.1 Å². The number of urea groups is 1. The van der Waals surface area contributed by atoms with Gasteiger partial charge in [-0.3, -0.25) is 4.57 Å². The molecule has 1 aromatic heterocycles. The number of H-pyrrole nitrogens is 1. The highest BCUT2D eigenvalue weighted by molar-refractivity contribution is 5.99. The molecule has 55 heavy (non-hydrogen) atoms. The number of aliphatic hydroxyl groups is 1. The number of hydrogen-bond acceptors (Lipinski definition) is 7. The number of para-hydroxylation sites is 3. The lowest BCUT2D eigenvalue weighted by Gasteiger charge is -2.44. The first-order chi connectivity index (χ1) is 26.9. The lowest BCUT2D eigenvalue weighted by Crippen LogP contribution is -2.47. The van der Waals surface area contributed by atoms with Crippen molar-refractivity contribution in [3.05, 3.63) is 155 Å². The van der Waals surface area contributed by atoms with Crippen LogP contribution in [0.25, 0.3) is 11.0 Å². The molecule has 5 aromatic carbocycles. The van der Waals surface area contributed by atoms with Gasteiger partial charge in [0.1, 0.15) is 11.5 Å². The Morgan fingerprint density at radius 1 is 0.782 bits per heavy atom. The number of amides is 2. The maximum absolute atomic E-state index is 12.9. The van der Waals surface area contributed by atoms with Gasteiger partial charge in [-0.15, -0.1) is 0 Å². The molecule has 2 aliphatic rings. The number of nitrogens with one attached hydrogen (secondary N) is 3. The summed E-state index contributed by atoms with van der Waals surface area (Å²) in [7, 11) is 0. The monoisotopic (exact) mass is 739 g/mol. The Kier molecular flexibility index (Phi) is 10.8. The van der Waals surface area contributed by atoms with Gasteiger partial charge in [0.15, 0.2) is 6.29 Å². The first-order valence-corrected chi connectivity index (χ1v) is 18.8. The van der Waals surface area contributed by atoms with Gasteiger partial charge in [-0.2, -0.15) is 0 Å². The number of carbonyl (C=O) groups excluding carboxylic acids is 1. The zero-order valence-corrected chi connectivity index (χ0v) is 30.6. The van der Waals surface area contributed by atoms with Crippen LogP contribution in [-0.2, 0) is 16.1 Å². The molecule has 11 nitrogen and oxygen atoms in total. The number of carbonyl (C=O) groups is 1. The molecule has 6 aromatic rings. The maximum Gasteiger partial charge on any atom is 0.326 e. The average molecular weight is 740 g/mol. The third-order valence-electron chi connectivity index (χ3n) is 10.6. The molecule has 4 N–H and O–H groups in total. The van der Waals surface area contributed by atoms with Gasteiger partial charge in [0.25, 0.3) is 0 Å². The van der Waals surface area contributed by atoms with Crippen molar-refractivity contribution in [2.75, 3.05) is 30.3 Å². The fraction of sp³-hybridized carbons (Fsp3) is 0.273. The molecule has 0 unspecified atom stereocenters. The van der Waals surface area contributed by atoms with Crippen molar-refractivity contribution in [2.24, 2.45) is 5.92 Å². The highest BCUT2D eigenvalue weighted by Crippen LogP contribution is 2.42. The smallest absolute Gasteiger partial charge is 0.326 e. The van der Waals surface area contributed by atoms with Crippen molar-refractivity contribution in [3.8, 4) is 11.5 Å². The number of benzene rings is 5. The minimum absolute atomic E-state index is 0.0231. The molecular weight excluding hydrogens is 695 g/mol. The van der Waals surface area contributed by atoms with E-state index in [0.717, 1.165) is 65.9 Å². The van der Waals surface area contributed by atoms with E-state index in [1.807, 2.05) is 108 Å². The van der Waals surface area contributed by atoms with Crippen LogP contribution < -0.4 is 21.1 Å². The van der Waals surface area contributed by atoms with Gasteiger partial charge < -0.3 is 39.8 Å². The highest BCUT2D eigenvalue weighted by atomic mass is 16.7. The van der Waals surface area contributed by atoms with Crippen LogP contribution in [0, 0.1) is 5.92 Å². The van der Waals surface area contributed by atoms with Crippen molar-refractivity contribution in [1.29, 1.82) is 0 Å². The number of nitrogens with zero attached hydrogens (tertiary/aromatic N) is 2. The Bertz CT molecular complexity index is 2250. The van der Waals surface area contributed by atoms with Gasteiger partial charge in [0.05, 0.1) is 29.8 Å². The van der Waals surface area contributed by atoms with E-state index in [2.05, 4.69) is 27.4 Å². The van der Waals surface area contributed by atoms with Crippen LogP contribution in [0.4, 0.5) is 16.2 Å². The van der Waals surface area contributed by atoms with Gasteiger partial charge in [-0.25, -0.2) is 9.59 Å². The number of aromatic amines is 1. The van der Waals surface area contributed by atoms with E-state index in [1.165, 1.54) is 0 Å². The summed E-state index contributed by atoms with van der Waals surface area (Å²) in [4.78, 5) is 31.2. The van der Waals surface area contributed by atoms with Crippen molar-refractivity contribution in [3.63, 3.8) is 0 Å². The van der Waals surface area contributed by atoms with Crippen LogP contribution in [0.2, 0.25) is 0 Å². The Hall–Kier alpha value is -5.72. The highest BCUT2D eigenvalue weighted by Gasteiger charge is 2.39. The molecule has 2 aliphatic heterocycles. The SMILES string of the molecule is C[C@H]1[C@@H](CN2CCC(n3c(=O)[nH]c4ccccc43)CC2)O[C@@H](c2ccc(NC(=O)Nc3ccc(Oc4ccccc4)cc3)cc2)O[C@H]1c1ccc(CO)cc1. The van der Waals surface area contributed by atoms with Gasteiger partial charge >= 0.3 is 11.7 Å². The Labute approximate surface area is 319 Å². The fourth-order valence-corrected chi connectivity index (χ4v) is 7.63. The van der Waals surface area contributed by atoms with Gasteiger partial charge in [-0.05, 0) is 84.6 Å². The summed E-state index contributed by atoms with van der Waals surface area (Å²) in [6.45, 7) is 4.56. The Morgan fingerprint density at radius 2 is 1.40 bits per heavy atom. The maximum atomic E-state index is 12.9. The number of piperidine rings is 1. The molecule has 282 valence electrons. The Balaban J connectivity index is 0.920. The summed E-state index contributed by atoms with van der Waals surface area (Å²) in [5.74, 6) is 1.45. The molecule has 0 bridgehead atoms. The zero-order chi connectivity index (χ0) is 37.7. The summed E-state index contributed by atoms with van der Waals surface area (Å²) < 4.78 is 21.2. The molecular formula is C44H45N5O6. The molecule has 0 saturated carbocycles. The van der Waals surface area contributed by atoms with E-state index in [4.69, 9.17) is 14.2 Å². The molecule has 0 spiro atoms. The minimum atomic E-state index is -0.634. The van der Waals surface area contributed by atoms with E-state index >= 15 is 0 Å². The van der Waals surface area contributed by atoms with Crippen molar-refractivity contribution in [1.82, 2.24) is 14.5 Å². The van der Waals surface area contributed by atoms with Crippen LogP contribution >= 0.6 is 0 Å². The minimum Gasteiger partial charge on any atom is -0.457 e. The summed E-state index contributed by atoms with van der Waals surface area (Å²) in [5.41, 5.74) is 5.73. The molecule has 2 amide bonds.